The quantitative estimate of drug-likeness (QED) is 0.216. The van der Waals surface area contributed by atoms with Crippen molar-refractivity contribution in [3.8, 4) is 40.2 Å². The Bertz CT molecular complexity index is 2180. The minimum atomic E-state index is -0.0936. The second-order valence-corrected chi connectivity index (χ2v) is 17.9. The second-order valence-electron chi connectivity index (χ2n) is 17.9. The van der Waals surface area contributed by atoms with Crippen molar-refractivity contribution in [1.82, 2.24) is 15.1 Å². The number of benzene rings is 4. The average molecular weight is 770 g/mol. The number of hydrogen-bond donors (Lipinski definition) is 1. The van der Waals surface area contributed by atoms with Crippen molar-refractivity contribution in [2.24, 2.45) is 17.8 Å². The van der Waals surface area contributed by atoms with Gasteiger partial charge in [-0.3, -0.25) is 14.6 Å². The van der Waals surface area contributed by atoms with Crippen LogP contribution in [0.3, 0.4) is 0 Å². The van der Waals surface area contributed by atoms with E-state index in [2.05, 4.69) is 71.7 Å². The lowest BCUT2D eigenvalue weighted by Crippen LogP contribution is -2.59. The van der Waals surface area contributed by atoms with Crippen LogP contribution < -0.4 is 29.0 Å². The first kappa shape index (κ1) is 36.6. The van der Waals surface area contributed by atoms with Crippen LogP contribution in [0.15, 0.2) is 60.7 Å². The van der Waals surface area contributed by atoms with Crippen molar-refractivity contribution in [2.45, 2.75) is 81.8 Å². The molecule has 0 saturated heterocycles. The highest BCUT2D eigenvalue weighted by atomic mass is 16.5. The number of carbonyl (C=O) groups excluding carboxylic acids is 1. The van der Waals surface area contributed by atoms with Crippen LogP contribution in [0, 0.1) is 17.8 Å². The van der Waals surface area contributed by atoms with Gasteiger partial charge in [0.15, 0.2) is 23.0 Å². The number of methoxy groups -OCH3 is 3. The fraction of sp³-hybridized carbons (Fsp3) is 0.479. The van der Waals surface area contributed by atoms with E-state index in [9.17, 15) is 4.79 Å². The van der Waals surface area contributed by atoms with Crippen molar-refractivity contribution in [1.29, 1.82) is 0 Å². The molecule has 4 aromatic rings. The molecule has 4 aromatic carbocycles. The third kappa shape index (κ3) is 6.51. The highest BCUT2D eigenvalue weighted by Gasteiger charge is 2.51. The summed E-state index contributed by atoms with van der Waals surface area (Å²) in [7, 11) is 9.44. The van der Waals surface area contributed by atoms with E-state index in [-0.39, 0.29) is 23.5 Å². The highest BCUT2D eigenvalue weighted by Crippen LogP contribution is 2.56. The summed E-state index contributed by atoms with van der Waals surface area (Å²) in [4.78, 5) is 19.2. The van der Waals surface area contributed by atoms with Gasteiger partial charge in [0, 0.05) is 36.3 Å². The van der Waals surface area contributed by atoms with E-state index in [0.29, 0.717) is 45.8 Å². The van der Waals surface area contributed by atoms with Gasteiger partial charge in [0.2, 0.25) is 5.75 Å². The monoisotopic (exact) mass is 769 g/mol. The number of amides is 1. The van der Waals surface area contributed by atoms with Crippen molar-refractivity contribution in [3.63, 3.8) is 0 Å². The number of fused-ring (bicyclic) bond motifs is 2. The maximum Gasteiger partial charge on any atom is 0.255 e. The number of nitrogens with zero attached hydrogens (tertiary/aromatic N) is 2. The molecule has 4 fully saturated rings. The summed E-state index contributed by atoms with van der Waals surface area (Å²) in [5.41, 5.74) is 7.51. The summed E-state index contributed by atoms with van der Waals surface area (Å²) in [6.07, 6.45) is 10.5. The molecule has 8 aliphatic rings. The molecule has 10 bridgehead atoms. The molecule has 4 heterocycles. The van der Waals surface area contributed by atoms with Crippen molar-refractivity contribution >= 4 is 5.91 Å². The number of likely N-dealkylation sites (N-methyl/N-ethyl adjacent to an activating group) is 2. The van der Waals surface area contributed by atoms with Crippen LogP contribution in [-0.4, -0.2) is 69.8 Å². The van der Waals surface area contributed by atoms with Crippen LogP contribution in [0.25, 0.3) is 0 Å². The van der Waals surface area contributed by atoms with Crippen molar-refractivity contribution in [3.05, 3.63) is 99.6 Å². The molecule has 4 saturated carbocycles. The summed E-state index contributed by atoms with van der Waals surface area (Å²) >= 11 is 0. The topological polar surface area (TPSA) is 81.7 Å². The predicted octanol–water partition coefficient (Wildman–Crippen LogP) is 8.85. The molecule has 4 aliphatic heterocycles. The van der Waals surface area contributed by atoms with Crippen LogP contribution in [0.1, 0.15) is 94.3 Å². The Balaban J connectivity index is 1.09. The standard InChI is InChI=1S/C48H55N3O6/c1-50-14-12-33-22-41(53-3)42-24-37(33)38(50)20-29-8-11-36(47(52)49-48-25-30-16-31(26-48)18-32(17-30)27-48)40(21-29)56-35-9-6-28(7-10-35)19-39-44-34(13-15-51(39)2)23-43(54-4)45(55-5)46(44)57-42/h6-11,21-24,30-32,38-39H,12-20,25-27H2,1-5H3,(H,49,52)/t30?,31?,32?,38-,39+,48?/m1/s1. The fourth-order valence-electron chi connectivity index (χ4n) is 11.9. The van der Waals surface area contributed by atoms with Gasteiger partial charge in [-0.05, 0) is 166 Å². The van der Waals surface area contributed by atoms with Crippen molar-refractivity contribution in [2.75, 3.05) is 48.5 Å². The van der Waals surface area contributed by atoms with Gasteiger partial charge in [-0.15, -0.1) is 0 Å². The molecule has 9 nitrogen and oxygen atoms in total. The molecule has 0 aromatic heterocycles. The Morgan fingerprint density at radius 2 is 1.33 bits per heavy atom. The molecule has 2 atom stereocenters. The zero-order valence-corrected chi connectivity index (χ0v) is 34.0. The smallest absolute Gasteiger partial charge is 0.255 e. The molecule has 12 rings (SSSR count). The molecular formula is C48H55N3O6. The number of carbonyl (C=O) groups is 1. The van der Waals surface area contributed by atoms with Gasteiger partial charge in [0.05, 0.1) is 26.9 Å². The van der Waals surface area contributed by atoms with Crippen LogP contribution in [0.2, 0.25) is 0 Å². The first-order chi connectivity index (χ1) is 27.7. The Hall–Kier alpha value is -4.73. The lowest BCUT2D eigenvalue weighted by molar-refractivity contribution is -0.0167. The predicted molar refractivity (Wildman–Crippen MR) is 219 cm³/mol. The minimum Gasteiger partial charge on any atom is -0.493 e. The number of ether oxygens (including phenoxy) is 5. The van der Waals surface area contributed by atoms with Crippen LogP contribution in [-0.2, 0) is 25.7 Å². The minimum absolute atomic E-state index is 0.00766. The lowest BCUT2D eigenvalue weighted by Gasteiger charge is -2.56. The normalized spacial score (nSPS) is 27.4. The molecule has 0 spiro atoms. The Kier molecular flexibility index (Phi) is 9.17. The Labute approximate surface area is 336 Å². The van der Waals surface area contributed by atoms with Gasteiger partial charge < -0.3 is 29.0 Å². The molecular weight excluding hydrogens is 715 g/mol. The zero-order chi connectivity index (χ0) is 39.0. The number of nitrogens with one attached hydrogen (secondary N) is 1. The highest BCUT2D eigenvalue weighted by molar-refractivity contribution is 5.97. The first-order valence-electron chi connectivity index (χ1n) is 21.0. The molecule has 4 aliphatic carbocycles. The molecule has 57 heavy (non-hydrogen) atoms. The maximum atomic E-state index is 14.4. The SMILES string of the molecule is COc1cc2c3cc1Oc1c(OC)c(OC)cc4c1[C@H](Cc1ccc(cc1)Oc1cc(ccc1C(=O)NC15CC6CC(CC(C6)C1)C5)C[C@H]3N(C)CC2)N(C)CC4. The van der Waals surface area contributed by atoms with E-state index in [4.69, 9.17) is 23.7 Å². The molecule has 298 valence electrons. The Morgan fingerprint density at radius 3 is 2.02 bits per heavy atom. The second kappa shape index (κ2) is 14.3. The van der Waals surface area contributed by atoms with Gasteiger partial charge >= 0.3 is 0 Å². The van der Waals surface area contributed by atoms with E-state index in [1.165, 1.54) is 41.5 Å². The molecule has 0 radical (unpaired) electrons. The fourth-order valence-corrected chi connectivity index (χ4v) is 11.9. The van der Waals surface area contributed by atoms with Crippen LogP contribution in [0.5, 0.6) is 40.2 Å². The average Bonchev–Trinajstić information content (AvgIpc) is 3.19. The summed E-state index contributed by atoms with van der Waals surface area (Å²) in [5, 5.41) is 3.62. The van der Waals surface area contributed by atoms with Crippen molar-refractivity contribution < 1.29 is 28.5 Å². The third-order valence-corrected chi connectivity index (χ3v) is 14.3. The van der Waals surface area contributed by atoms with E-state index >= 15 is 0 Å². The summed E-state index contributed by atoms with van der Waals surface area (Å²) in [5.74, 6) is 6.74. The summed E-state index contributed by atoms with van der Waals surface area (Å²) in [6.45, 7) is 1.81. The number of rotatable bonds is 5. The largest absolute Gasteiger partial charge is 0.493 e. The summed E-state index contributed by atoms with van der Waals surface area (Å²) < 4.78 is 31.9. The molecule has 1 amide bonds. The zero-order valence-electron chi connectivity index (χ0n) is 34.0. The third-order valence-electron chi connectivity index (χ3n) is 14.3. The van der Waals surface area contributed by atoms with E-state index in [1.807, 2.05) is 18.2 Å². The van der Waals surface area contributed by atoms with Gasteiger partial charge in [-0.1, -0.05) is 18.2 Å². The lowest BCUT2D eigenvalue weighted by atomic mass is 9.53. The first-order valence-corrected chi connectivity index (χ1v) is 21.0. The van der Waals surface area contributed by atoms with E-state index in [0.717, 1.165) is 86.9 Å². The van der Waals surface area contributed by atoms with Gasteiger partial charge in [-0.2, -0.15) is 0 Å². The summed E-state index contributed by atoms with van der Waals surface area (Å²) in [6, 6.07) is 21.1. The molecule has 0 unspecified atom stereocenters. The van der Waals surface area contributed by atoms with Crippen LogP contribution >= 0.6 is 0 Å². The van der Waals surface area contributed by atoms with Crippen LogP contribution in [0.4, 0.5) is 0 Å². The Morgan fingerprint density at radius 1 is 0.702 bits per heavy atom. The van der Waals surface area contributed by atoms with Gasteiger partial charge in [-0.25, -0.2) is 0 Å². The molecule has 9 heteroatoms. The number of hydrogen-bond acceptors (Lipinski definition) is 8. The van der Waals surface area contributed by atoms with Gasteiger partial charge in [0.1, 0.15) is 11.5 Å². The molecule has 1 N–H and O–H groups in total. The van der Waals surface area contributed by atoms with E-state index in [1.54, 1.807) is 21.3 Å². The van der Waals surface area contributed by atoms with Gasteiger partial charge in [0.25, 0.3) is 5.91 Å². The van der Waals surface area contributed by atoms with E-state index < -0.39 is 0 Å². The maximum absolute atomic E-state index is 14.4.